The molecule has 1 aliphatic carbocycles. The molecule has 0 spiro atoms. The van der Waals surface area contributed by atoms with Crippen LogP contribution >= 0.6 is 11.3 Å². The molecule has 0 bridgehead atoms. The van der Waals surface area contributed by atoms with Gasteiger partial charge >= 0.3 is 0 Å². The Labute approximate surface area is 117 Å². The molecule has 3 rings (SSSR count). The molecule has 1 aromatic rings. The summed E-state index contributed by atoms with van der Waals surface area (Å²) in [6.07, 6.45) is 2.42. The van der Waals surface area contributed by atoms with Crippen LogP contribution in [0.1, 0.15) is 39.1 Å². The van der Waals surface area contributed by atoms with E-state index in [-0.39, 0.29) is 5.91 Å². The number of aromatic nitrogens is 1. The maximum Gasteiger partial charge on any atom is 0.266 e. The maximum absolute atomic E-state index is 12.6. The smallest absolute Gasteiger partial charge is 0.266 e. The molecule has 0 radical (unpaired) electrons. The molecule has 19 heavy (non-hydrogen) atoms. The van der Waals surface area contributed by atoms with Gasteiger partial charge in [0.25, 0.3) is 5.91 Å². The first-order valence-corrected chi connectivity index (χ1v) is 7.59. The maximum atomic E-state index is 12.6. The first kappa shape index (κ1) is 13.0. The van der Waals surface area contributed by atoms with Crippen molar-refractivity contribution in [2.24, 2.45) is 0 Å². The third kappa shape index (κ3) is 2.80. The molecule has 1 saturated carbocycles. The average Bonchev–Trinajstić information content (AvgIpc) is 3.21. The van der Waals surface area contributed by atoms with E-state index in [0.717, 1.165) is 41.8 Å². The van der Waals surface area contributed by atoms with Gasteiger partial charge in [0.1, 0.15) is 4.88 Å². The normalized spacial score (nSPS) is 19.7. The Morgan fingerprint density at radius 2 is 2.21 bits per heavy atom. The zero-order valence-corrected chi connectivity index (χ0v) is 12.0. The van der Waals surface area contributed by atoms with Crippen molar-refractivity contribution in [3.8, 4) is 0 Å². The summed E-state index contributed by atoms with van der Waals surface area (Å²) in [5.74, 6) is 0.711. The predicted molar refractivity (Wildman–Crippen MR) is 73.6 cm³/mol. The van der Waals surface area contributed by atoms with Crippen LogP contribution in [0.2, 0.25) is 0 Å². The lowest BCUT2D eigenvalue weighted by molar-refractivity contribution is 0.0735. The van der Waals surface area contributed by atoms with Crippen LogP contribution < -0.4 is 5.32 Å². The zero-order chi connectivity index (χ0) is 13.2. The highest BCUT2D eigenvalue weighted by Crippen LogP contribution is 2.42. The number of rotatable bonds is 4. The van der Waals surface area contributed by atoms with E-state index >= 15 is 0 Å². The van der Waals surface area contributed by atoms with E-state index in [1.165, 1.54) is 12.8 Å². The summed E-state index contributed by atoms with van der Waals surface area (Å²) in [5, 5.41) is 4.38. The average molecular weight is 281 g/mol. The summed E-state index contributed by atoms with van der Waals surface area (Å²) in [7, 11) is 1.65. The molecule has 1 N–H and O–H groups in total. The second-order valence-corrected chi connectivity index (χ2v) is 6.11. The van der Waals surface area contributed by atoms with E-state index in [4.69, 9.17) is 4.74 Å². The fourth-order valence-electron chi connectivity index (χ4n) is 2.29. The Morgan fingerprint density at radius 1 is 1.47 bits per heavy atom. The lowest BCUT2D eigenvalue weighted by atomic mass is 10.3. The second-order valence-electron chi connectivity index (χ2n) is 5.08. The highest BCUT2D eigenvalue weighted by atomic mass is 32.1. The number of carbonyl (C=O) groups is 1. The summed E-state index contributed by atoms with van der Waals surface area (Å²) >= 11 is 1.57. The van der Waals surface area contributed by atoms with Crippen LogP contribution in [0.3, 0.4) is 0 Å². The Hall–Kier alpha value is -0.980. The minimum absolute atomic E-state index is 0.123. The van der Waals surface area contributed by atoms with Crippen LogP contribution in [0.25, 0.3) is 0 Å². The van der Waals surface area contributed by atoms with Crippen LogP contribution in [-0.2, 0) is 11.3 Å². The Morgan fingerprint density at radius 3 is 2.84 bits per heavy atom. The Bertz CT molecular complexity index is 464. The lowest BCUT2D eigenvalue weighted by Crippen LogP contribution is -2.46. The summed E-state index contributed by atoms with van der Waals surface area (Å²) in [6, 6.07) is 0. The topological polar surface area (TPSA) is 54.5 Å². The summed E-state index contributed by atoms with van der Waals surface area (Å²) in [6.45, 7) is 3.74. The molecule has 1 aliphatic heterocycles. The number of methoxy groups -OCH3 is 1. The number of nitrogens with zero attached hydrogens (tertiary/aromatic N) is 2. The predicted octanol–water partition coefficient (Wildman–Crippen LogP) is 1.21. The molecule has 6 heteroatoms. The van der Waals surface area contributed by atoms with E-state index in [1.54, 1.807) is 18.4 Å². The van der Waals surface area contributed by atoms with Gasteiger partial charge in [-0.2, -0.15) is 0 Å². The van der Waals surface area contributed by atoms with Gasteiger partial charge in [0.15, 0.2) is 0 Å². The van der Waals surface area contributed by atoms with Gasteiger partial charge in [0.05, 0.1) is 17.3 Å². The number of thiazole rings is 1. The number of ether oxygens (including phenoxy) is 1. The molecule has 0 atom stereocenters. The molecule has 2 fully saturated rings. The molecular formula is C13H19N3O2S. The number of nitrogens with one attached hydrogen (secondary N) is 1. The van der Waals surface area contributed by atoms with Crippen molar-refractivity contribution in [3.05, 3.63) is 15.6 Å². The number of hydrogen-bond donors (Lipinski definition) is 1. The van der Waals surface area contributed by atoms with Crippen LogP contribution in [0.4, 0.5) is 0 Å². The Kier molecular flexibility index (Phi) is 3.81. The van der Waals surface area contributed by atoms with Gasteiger partial charge in [0.2, 0.25) is 0 Å². The molecule has 104 valence electrons. The third-order valence-corrected chi connectivity index (χ3v) is 4.77. The largest absolute Gasteiger partial charge is 0.378 e. The van der Waals surface area contributed by atoms with Gasteiger partial charge in [-0.15, -0.1) is 11.3 Å². The molecule has 2 aliphatic rings. The van der Waals surface area contributed by atoms with E-state index in [9.17, 15) is 4.79 Å². The van der Waals surface area contributed by atoms with Crippen molar-refractivity contribution in [2.75, 3.05) is 33.3 Å². The minimum Gasteiger partial charge on any atom is -0.378 e. The van der Waals surface area contributed by atoms with E-state index in [2.05, 4.69) is 10.3 Å². The fourth-order valence-corrected chi connectivity index (χ4v) is 3.49. The van der Waals surface area contributed by atoms with Gasteiger partial charge in [-0.1, -0.05) is 0 Å². The molecule has 2 heterocycles. The van der Waals surface area contributed by atoms with Crippen LogP contribution in [-0.4, -0.2) is 49.1 Å². The number of carbonyl (C=O) groups excluding carboxylic acids is 1. The second kappa shape index (κ2) is 5.56. The van der Waals surface area contributed by atoms with Crippen LogP contribution in [0.15, 0.2) is 0 Å². The molecule has 0 unspecified atom stereocenters. The number of hydrogen-bond acceptors (Lipinski definition) is 5. The molecular weight excluding hydrogens is 262 g/mol. The number of piperazine rings is 1. The SMILES string of the molecule is COCc1nc(C2CC2)sc1C(=O)N1CCNCC1. The molecule has 5 nitrogen and oxygen atoms in total. The fraction of sp³-hybridized carbons (Fsp3) is 0.692. The zero-order valence-electron chi connectivity index (χ0n) is 11.1. The van der Waals surface area contributed by atoms with Crippen molar-refractivity contribution >= 4 is 17.2 Å². The monoisotopic (exact) mass is 281 g/mol. The van der Waals surface area contributed by atoms with E-state index in [1.807, 2.05) is 4.90 Å². The third-order valence-electron chi connectivity index (χ3n) is 3.52. The van der Waals surface area contributed by atoms with Gasteiger partial charge in [-0.25, -0.2) is 4.98 Å². The van der Waals surface area contributed by atoms with Crippen molar-refractivity contribution in [1.29, 1.82) is 0 Å². The van der Waals surface area contributed by atoms with Gasteiger partial charge in [-0.05, 0) is 12.8 Å². The summed E-state index contributed by atoms with van der Waals surface area (Å²) in [4.78, 5) is 19.9. The first-order valence-electron chi connectivity index (χ1n) is 6.78. The highest BCUT2D eigenvalue weighted by Gasteiger charge is 2.31. The summed E-state index contributed by atoms with van der Waals surface area (Å²) < 4.78 is 5.18. The van der Waals surface area contributed by atoms with Crippen molar-refractivity contribution in [1.82, 2.24) is 15.2 Å². The summed E-state index contributed by atoms with van der Waals surface area (Å²) in [5.41, 5.74) is 0.818. The van der Waals surface area contributed by atoms with E-state index in [0.29, 0.717) is 12.5 Å². The quantitative estimate of drug-likeness (QED) is 0.901. The molecule has 1 aromatic heterocycles. The molecule has 0 aromatic carbocycles. The van der Waals surface area contributed by atoms with E-state index < -0.39 is 0 Å². The van der Waals surface area contributed by atoms with Crippen molar-refractivity contribution in [3.63, 3.8) is 0 Å². The van der Waals surface area contributed by atoms with Crippen LogP contribution in [0, 0.1) is 0 Å². The molecule has 1 amide bonds. The van der Waals surface area contributed by atoms with Crippen LogP contribution in [0.5, 0.6) is 0 Å². The van der Waals surface area contributed by atoms with Gasteiger partial charge < -0.3 is 15.0 Å². The lowest BCUT2D eigenvalue weighted by Gasteiger charge is -2.27. The molecule has 1 saturated heterocycles. The first-order chi connectivity index (χ1) is 9.29. The van der Waals surface area contributed by atoms with Gasteiger partial charge in [0, 0.05) is 39.2 Å². The van der Waals surface area contributed by atoms with Crippen molar-refractivity contribution < 1.29 is 9.53 Å². The highest BCUT2D eigenvalue weighted by molar-refractivity contribution is 7.13. The number of amides is 1. The minimum atomic E-state index is 0.123. The van der Waals surface area contributed by atoms with Crippen molar-refractivity contribution in [2.45, 2.75) is 25.4 Å². The Balaban J connectivity index is 1.82. The van der Waals surface area contributed by atoms with Gasteiger partial charge in [-0.3, -0.25) is 4.79 Å². The standard InChI is InChI=1S/C13H19N3O2S/c1-18-8-10-11(19-12(15-10)9-2-3-9)13(17)16-6-4-14-5-7-16/h9,14H,2-8H2,1H3.